The molecule has 6 heteroatoms. The molecule has 0 saturated heterocycles. The molecule has 0 bridgehead atoms. The molecule has 21 heavy (non-hydrogen) atoms. The summed E-state index contributed by atoms with van der Waals surface area (Å²) in [7, 11) is 0. The lowest BCUT2D eigenvalue weighted by Crippen LogP contribution is -2.01. The standard InChI is InChI=1S/C15H13FN4O/c16-14-6-1-3-11(15(14)21)8-17-12-4-2-5-13(7-12)20-9-18-19-10-20/h1-7,9-10,17,21H,8H2. The molecule has 2 N–H and O–H groups in total. The summed E-state index contributed by atoms with van der Waals surface area (Å²) in [6.07, 6.45) is 3.22. The smallest absolute Gasteiger partial charge is 0.165 e. The third-order valence-electron chi connectivity index (χ3n) is 3.12. The van der Waals surface area contributed by atoms with Crippen LogP contribution >= 0.6 is 0 Å². The Morgan fingerprint density at radius 2 is 1.86 bits per heavy atom. The molecule has 0 radical (unpaired) electrons. The van der Waals surface area contributed by atoms with Gasteiger partial charge in [0.1, 0.15) is 12.7 Å². The number of benzene rings is 2. The molecule has 0 unspecified atom stereocenters. The van der Waals surface area contributed by atoms with E-state index in [1.807, 2.05) is 24.3 Å². The molecular weight excluding hydrogens is 271 g/mol. The number of hydrogen-bond acceptors (Lipinski definition) is 4. The third-order valence-corrected chi connectivity index (χ3v) is 3.12. The lowest BCUT2D eigenvalue weighted by molar-refractivity contribution is 0.427. The fraction of sp³-hybridized carbons (Fsp3) is 0.0667. The Bertz CT molecular complexity index is 743. The maximum Gasteiger partial charge on any atom is 0.165 e. The van der Waals surface area contributed by atoms with Crippen molar-refractivity contribution in [2.75, 3.05) is 5.32 Å². The number of nitrogens with one attached hydrogen (secondary N) is 1. The van der Waals surface area contributed by atoms with E-state index < -0.39 is 5.82 Å². The van der Waals surface area contributed by atoms with E-state index in [2.05, 4.69) is 15.5 Å². The van der Waals surface area contributed by atoms with E-state index in [0.29, 0.717) is 12.1 Å². The molecule has 0 aliphatic carbocycles. The summed E-state index contributed by atoms with van der Waals surface area (Å²) in [5.41, 5.74) is 2.27. The van der Waals surface area contributed by atoms with E-state index in [9.17, 15) is 9.50 Å². The average molecular weight is 284 g/mol. The van der Waals surface area contributed by atoms with Crippen LogP contribution < -0.4 is 5.32 Å². The quantitative estimate of drug-likeness (QED) is 0.773. The van der Waals surface area contributed by atoms with Crippen LogP contribution in [0.1, 0.15) is 5.56 Å². The van der Waals surface area contributed by atoms with E-state index in [1.54, 1.807) is 29.4 Å². The van der Waals surface area contributed by atoms with E-state index in [4.69, 9.17) is 0 Å². The fourth-order valence-corrected chi connectivity index (χ4v) is 2.01. The summed E-state index contributed by atoms with van der Waals surface area (Å²) in [5.74, 6) is -0.937. The number of phenols is 1. The van der Waals surface area contributed by atoms with Crippen molar-refractivity contribution in [3.63, 3.8) is 0 Å². The zero-order valence-electron chi connectivity index (χ0n) is 11.1. The normalized spacial score (nSPS) is 10.5. The summed E-state index contributed by atoms with van der Waals surface area (Å²) in [4.78, 5) is 0. The van der Waals surface area contributed by atoms with Gasteiger partial charge in [0.25, 0.3) is 0 Å². The first-order chi connectivity index (χ1) is 10.2. The van der Waals surface area contributed by atoms with Crippen LogP contribution in [-0.2, 0) is 6.54 Å². The topological polar surface area (TPSA) is 63.0 Å². The molecule has 0 fully saturated rings. The SMILES string of the molecule is Oc1c(F)cccc1CNc1cccc(-n2cnnc2)c1. The van der Waals surface area contributed by atoms with Crippen molar-refractivity contribution < 1.29 is 9.50 Å². The van der Waals surface area contributed by atoms with Crippen LogP contribution in [0.15, 0.2) is 55.1 Å². The van der Waals surface area contributed by atoms with Crippen LogP contribution in [0.25, 0.3) is 5.69 Å². The molecule has 5 nitrogen and oxygen atoms in total. The highest BCUT2D eigenvalue weighted by atomic mass is 19.1. The molecule has 3 aromatic rings. The van der Waals surface area contributed by atoms with Crippen LogP contribution in [0.3, 0.4) is 0 Å². The van der Waals surface area contributed by atoms with Crippen molar-refractivity contribution in [1.82, 2.24) is 14.8 Å². The van der Waals surface area contributed by atoms with Gasteiger partial charge in [-0.1, -0.05) is 18.2 Å². The summed E-state index contributed by atoms with van der Waals surface area (Å²) < 4.78 is 15.0. The number of para-hydroxylation sites is 1. The van der Waals surface area contributed by atoms with Crippen LogP contribution in [0.4, 0.5) is 10.1 Å². The lowest BCUT2D eigenvalue weighted by atomic mass is 10.2. The number of phenolic OH excluding ortho intramolecular Hbond substituents is 1. The van der Waals surface area contributed by atoms with Crippen molar-refractivity contribution in [3.8, 4) is 11.4 Å². The van der Waals surface area contributed by atoms with E-state index in [-0.39, 0.29) is 5.75 Å². The number of anilines is 1. The molecule has 0 amide bonds. The molecule has 0 saturated carbocycles. The second-order valence-corrected chi connectivity index (χ2v) is 4.52. The summed E-state index contributed by atoms with van der Waals surface area (Å²) >= 11 is 0. The fourth-order valence-electron chi connectivity index (χ4n) is 2.01. The Kier molecular flexibility index (Phi) is 3.51. The van der Waals surface area contributed by atoms with Crippen molar-refractivity contribution in [2.45, 2.75) is 6.54 Å². The third kappa shape index (κ3) is 2.84. The average Bonchev–Trinajstić information content (AvgIpc) is 3.03. The van der Waals surface area contributed by atoms with Gasteiger partial charge in [0.05, 0.1) is 5.69 Å². The van der Waals surface area contributed by atoms with Crippen molar-refractivity contribution in [3.05, 3.63) is 66.5 Å². The number of rotatable bonds is 4. The van der Waals surface area contributed by atoms with Crippen molar-refractivity contribution in [2.24, 2.45) is 0 Å². The van der Waals surface area contributed by atoms with Crippen molar-refractivity contribution in [1.29, 1.82) is 0 Å². The minimum atomic E-state index is -0.618. The predicted octanol–water partition coefficient (Wildman–Crippen LogP) is 2.72. The minimum absolute atomic E-state index is 0.319. The van der Waals surface area contributed by atoms with Gasteiger partial charge in [-0.05, 0) is 24.3 Å². The van der Waals surface area contributed by atoms with E-state index in [0.717, 1.165) is 11.4 Å². The second-order valence-electron chi connectivity index (χ2n) is 4.52. The van der Waals surface area contributed by atoms with Crippen LogP contribution in [0, 0.1) is 5.82 Å². The second kappa shape index (κ2) is 5.62. The zero-order chi connectivity index (χ0) is 14.7. The summed E-state index contributed by atoms with van der Waals surface area (Å²) in [5, 5.41) is 20.3. The first-order valence-corrected chi connectivity index (χ1v) is 6.39. The maximum absolute atomic E-state index is 13.3. The van der Waals surface area contributed by atoms with Crippen molar-refractivity contribution >= 4 is 5.69 Å². The van der Waals surface area contributed by atoms with E-state index in [1.165, 1.54) is 6.07 Å². The van der Waals surface area contributed by atoms with Gasteiger partial charge in [-0.15, -0.1) is 10.2 Å². The van der Waals surface area contributed by atoms with Gasteiger partial charge in [0.15, 0.2) is 11.6 Å². The molecule has 3 rings (SSSR count). The van der Waals surface area contributed by atoms with Crippen LogP contribution in [-0.4, -0.2) is 19.9 Å². The van der Waals surface area contributed by atoms with Crippen LogP contribution in [0.2, 0.25) is 0 Å². The predicted molar refractivity (Wildman–Crippen MR) is 76.8 cm³/mol. The number of halogens is 1. The first-order valence-electron chi connectivity index (χ1n) is 6.39. The largest absolute Gasteiger partial charge is 0.505 e. The highest BCUT2D eigenvalue weighted by Gasteiger charge is 2.06. The number of aromatic hydroxyl groups is 1. The highest BCUT2D eigenvalue weighted by molar-refractivity contribution is 5.51. The lowest BCUT2D eigenvalue weighted by Gasteiger charge is -2.10. The van der Waals surface area contributed by atoms with Gasteiger partial charge >= 0.3 is 0 Å². The molecular formula is C15H13FN4O. The molecule has 0 spiro atoms. The van der Waals surface area contributed by atoms with E-state index >= 15 is 0 Å². The van der Waals surface area contributed by atoms with Crippen LogP contribution in [0.5, 0.6) is 5.75 Å². The molecule has 1 heterocycles. The molecule has 0 aliphatic heterocycles. The zero-order valence-corrected chi connectivity index (χ0v) is 11.1. The molecule has 0 aliphatic rings. The number of hydrogen-bond donors (Lipinski definition) is 2. The van der Waals surface area contributed by atoms with Gasteiger partial charge in [0.2, 0.25) is 0 Å². The molecule has 0 atom stereocenters. The first kappa shape index (κ1) is 13.1. The molecule has 2 aromatic carbocycles. The summed E-state index contributed by atoms with van der Waals surface area (Å²) in [6, 6.07) is 12.1. The van der Waals surface area contributed by atoms with Gasteiger partial charge in [-0.25, -0.2) is 4.39 Å². The minimum Gasteiger partial charge on any atom is -0.505 e. The molecule has 106 valence electrons. The Labute approximate surface area is 120 Å². The Morgan fingerprint density at radius 1 is 1.10 bits per heavy atom. The van der Waals surface area contributed by atoms with Gasteiger partial charge in [0, 0.05) is 17.8 Å². The number of aromatic nitrogens is 3. The van der Waals surface area contributed by atoms with Gasteiger partial charge in [-0.3, -0.25) is 4.57 Å². The monoisotopic (exact) mass is 284 g/mol. The van der Waals surface area contributed by atoms with Gasteiger partial charge < -0.3 is 10.4 Å². The maximum atomic E-state index is 13.3. The summed E-state index contributed by atoms with van der Waals surface area (Å²) in [6.45, 7) is 0.329. The Morgan fingerprint density at radius 3 is 2.67 bits per heavy atom. The molecule has 1 aromatic heterocycles. The van der Waals surface area contributed by atoms with Gasteiger partial charge in [-0.2, -0.15) is 0 Å². The number of nitrogens with zero attached hydrogens (tertiary/aromatic N) is 3. The Balaban J connectivity index is 1.77. The Hall–Kier alpha value is -2.89. The highest BCUT2D eigenvalue weighted by Crippen LogP contribution is 2.22.